The summed E-state index contributed by atoms with van der Waals surface area (Å²) in [6.07, 6.45) is 4.84. The van der Waals surface area contributed by atoms with Crippen LogP contribution in [0.15, 0.2) is 0 Å². The van der Waals surface area contributed by atoms with Crippen LogP contribution in [0.1, 0.15) is 46.5 Å². The average Bonchev–Trinajstić information content (AvgIpc) is 1.86. The smallest absolute Gasteiger partial charge is 0.217 e. The van der Waals surface area contributed by atoms with E-state index in [1.54, 1.807) is 6.92 Å². The lowest BCUT2D eigenvalue weighted by atomic mass is 10.1. The molecule has 0 saturated carbocycles. The minimum atomic E-state index is 0.0778. The monoisotopic (exact) mass is 157 g/mol. The highest BCUT2D eigenvalue weighted by atomic mass is 16.1. The van der Waals surface area contributed by atoms with Crippen LogP contribution in [0, 0.1) is 0 Å². The van der Waals surface area contributed by atoms with E-state index in [-0.39, 0.29) is 5.91 Å². The summed E-state index contributed by atoms with van der Waals surface area (Å²) in [5, 5.41) is 2.86. The summed E-state index contributed by atoms with van der Waals surface area (Å²) >= 11 is 0. The summed E-state index contributed by atoms with van der Waals surface area (Å²) in [6.45, 7) is 5.80. The number of carbonyl (C=O) groups excluding carboxylic acids is 1. The van der Waals surface area contributed by atoms with Crippen molar-refractivity contribution in [2.24, 2.45) is 0 Å². The molecule has 0 aromatic heterocycles. The summed E-state index contributed by atoms with van der Waals surface area (Å²) < 4.78 is 0. The van der Waals surface area contributed by atoms with Gasteiger partial charge in [-0.15, -0.1) is 0 Å². The molecule has 0 rings (SSSR count). The van der Waals surface area contributed by atoms with Crippen LogP contribution in [-0.4, -0.2) is 11.9 Å². The summed E-state index contributed by atoms with van der Waals surface area (Å²) in [5.41, 5.74) is 0. The molecule has 0 aromatic rings. The van der Waals surface area contributed by atoms with Gasteiger partial charge in [0.05, 0.1) is 0 Å². The third-order valence-corrected chi connectivity index (χ3v) is 1.69. The Hall–Kier alpha value is -0.530. The third-order valence-electron chi connectivity index (χ3n) is 1.69. The molecule has 2 heteroatoms. The minimum absolute atomic E-state index is 0.0778. The molecule has 0 heterocycles. The number of amides is 1. The van der Waals surface area contributed by atoms with E-state index in [0.29, 0.717) is 6.04 Å². The molecule has 1 N–H and O–H groups in total. The highest BCUT2D eigenvalue weighted by Gasteiger charge is 2.01. The maximum atomic E-state index is 10.6. The lowest BCUT2D eigenvalue weighted by molar-refractivity contribution is -0.119. The zero-order valence-corrected chi connectivity index (χ0v) is 7.81. The zero-order chi connectivity index (χ0) is 8.69. The van der Waals surface area contributed by atoms with Crippen molar-refractivity contribution in [1.29, 1.82) is 0 Å². The van der Waals surface area contributed by atoms with E-state index in [4.69, 9.17) is 0 Å². The topological polar surface area (TPSA) is 29.1 Å². The summed E-state index contributed by atoms with van der Waals surface area (Å²) in [6, 6.07) is 0.346. The standard InChI is InChI=1S/C9H19NO/c1-4-5-6-7-8(2)10-9(3)11/h8H,4-7H2,1-3H3,(H,10,11)/t8-/m0/s1. The molecule has 0 radical (unpaired) electrons. The molecule has 0 saturated heterocycles. The molecular formula is C9H19NO. The van der Waals surface area contributed by atoms with Gasteiger partial charge in [0.1, 0.15) is 0 Å². The summed E-state index contributed by atoms with van der Waals surface area (Å²) in [7, 11) is 0. The number of carbonyl (C=O) groups is 1. The number of rotatable bonds is 5. The van der Waals surface area contributed by atoms with Crippen molar-refractivity contribution < 1.29 is 4.79 Å². The SMILES string of the molecule is CCCCC[C@H](C)NC(C)=O. The largest absolute Gasteiger partial charge is 0.354 e. The van der Waals surface area contributed by atoms with Gasteiger partial charge in [-0.2, -0.15) is 0 Å². The van der Waals surface area contributed by atoms with Gasteiger partial charge in [-0.05, 0) is 13.3 Å². The van der Waals surface area contributed by atoms with Crippen molar-refractivity contribution in [1.82, 2.24) is 5.32 Å². The molecule has 2 nitrogen and oxygen atoms in total. The molecule has 0 aliphatic carbocycles. The van der Waals surface area contributed by atoms with Gasteiger partial charge < -0.3 is 5.32 Å². The van der Waals surface area contributed by atoms with Crippen molar-refractivity contribution in [2.45, 2.75) is 52.5 Å². The Morgan fingerprint density at radius 2 is 2.09 bits per heavy atom. The molecule has 0 spiro atoms. The molecule has 0 unspecified atom stereocenters. The van der Waals surface area contributed by atoms with Crippen LogP contribution in [0.5, 0.6) is 0 Å². The van der Waals surface area contributed by atoms with Crippen LogP contribution >= 0.6 is 0 Å². The first-order valence-corrected chi connectivity index (χ1v) is 4.44. The first kappa shape index (κ1) is 10.5. The Morgan fingerprint density at radius 3 is 2.55 bits per heavy atom. The lowest BCUT2D eigenvalue weighted by Gasteiger charge is -2.10. The van der Waals surface area contributed by atoms with Gasteiger partial charge in [0.25, 0.3) is 0 Å². The molecule has 11 heavy (non-hydrogen) atoms. The fraction of sp³-hybridized carbons (Fsp3) is 0.889. The lowest BCUT2D eigenvalue weighted by Crippen LogP contribution is -2.30. The van der Waals surface area contributed by atoms with Gasteiger partial charge in [0, 0.05) is 13.0 Å². The fourth-order valence-corrected chi connectivity index (χ4v) is 1.12. The Labute approximate surface area is 69.4 Å². The maximum Gasteiger partial charge on any atom is 0.217 e. The number of hydrogen-bond acceptors (Lipinski definition) is 1. The van der Waals surface area contributed by atoms with E-state index in [9.17, 15) is 4.79 Å². The number of nitrogens with one attached hydrogen (secondary N) is 1. The molecule has 66 valence electrons. The molecule has 0 aliphatic rings. The van der Waals surface area contributed by atoms with Crippen molar-refractivity contribution >= 4 is 5.91 Å². The normalized spacial score (nSPS) is 12.6. The Morgan fingerprint density at radius 1 is 1.45 bits per heavy atom. The summed E-state index contributed by atoms with van der Waals surface area (Å²) in [4.78, 5) is 10.6. The van der Waals surface area contributed by atoms with Crippen LogP contribution in [0.4, 0.5) is 0 Å². The van der Waals surface area contributed by atoms with Crippen molar-refractivity contribution in [3.05, 3.63) is 0 Å². The van der Waals surface area contributed by atoms with Crippen LogP contribution in [-0.2, 0) is 4.79 Å². The molecule has 0 bridgehead atoms. The van der Waals surface area contributed by atoms with E-state index in [2.05, 4.69) is 19.2 Å². The minimum Gasteiger partial charge on any atom is -0.354 e. The Kier molecular flexibility index (Phi) is 5.90. The predicted molar refractivity (Wildman–Crippen MR) is 47.4 cm³/mol. The molecule has 0 aromatic carbocycles. The fourth-order valence-electron chi connectivity index (χ4n) is 1.12. The van der Waals surface area contributed by atoms with E-state index in [1.165, 1.54) is 19.3 Å². The second-order valence-electron chi connectivity index (χ2n) is 3.10. The van der Waals surface area contributed by atoms with Crippen LogP contribution in [0.2, 0.25) is 0 Å². The molecule has 1 amide bonds. The Balaban J connectivity index is 3.22. The molecular weight excluding hydrogens is 138 g/mol. The van der Waals surface area contributed by atoms with Gasteiger partial charge in [-0.1, -0.05) is 26.2 Å². The second-order valence-corrected chi connectivity index (χ2v) is 3.10. The van der Waals surface area contributed by atoms with Gasteiger partial charge in [-0.3, -0.25) is 4.79 Å². The second kappa shape index (κ2) is 6.20. The van der Waals surface area contributed by atoms with E-state index >= 15 is 0 Å². The molecule has 0 aliphatic heterocycles. The number of hydrogen-bond donors (Lipinski definition) is 1. The van der Waals surface area contributed by atoms with Gasteiger partial charge in [-0.25, -0.2) is 0 Å². The van der Waals surface area contributed by atoms with E-state index < -0.39 is 0 Å². The van der Waals surface area contributed by atoms with Crippen molar-refractivity contribution in [3.63, 3.8) is 0 Å². The highest BCUT2D eigenvalue weighted by molar-refractivity contribution is 5.73. The first-order chi connectivity index (χ1) is 5.16. The van der Waals surface area contributed by atoms with Gasteiger partial charge in [0.15, 0.2) is 0 Å². The predicted octanol–water partition coefficient (Wildman–Crippen LogP) is 2.09. The molecule has 0 fully saturated rings. The van der Waals surface area contributed by atoms with Crippen LogP contribution < -0.4 is 5.32 Å². The van der Waals surface area contributed by atoms with Crippen LogP contribution in [0.3, 0.4) is 0 Å². The van der Waals surface area contributed by atoms with E-state index in [0.717, 1.165) is 6.42 Å². The highest BCUT2D eigenvalue weighted by Crippen LogP contribution is 2.02. The van der Waals surface area contributed by atoms with Crippen molar-refractivity contribution in [2.75, 3.05) is 0 Å². The maximum absolute atomic E-state index is 10.6. The summed E-state index contributed by atoms with van der Waals surface area (Å²) in [5.74, 6) is 0.0778. The Bertz CT molecular complexity index is 112. The third kappa shape index (κ3) is 7.37. The van der Waals surface area contributed by atoms with Gasteiger partial charge >= 0.3 is 0 Å². The van der Waals surface area contributed by atoms with Crippen LogP contribution in [0.25, 0.3) is 0 Å². The zero-order valence-electron chi connectivity index (χ0n) is 7.81. The van der Waals surface area contributed by atoms with E-state index in [1.807, 2.05) is 0 Å². The quantitative estimate of drug-likeness (QED) is 0.608. The first-order valence-electron chi connectivity index (χ1n) is 4.44. The van der Waals surface area contributed by atoms with Gasteiger partial charge in [0.2, 0.25) is 5.91 Å². The molecule has 1 atom stereocenters. The van der Waals surface area contributed by atoms with Crippen molar-refractivity contribution in [3.8, 4) is 0 Å². The average molecular weight is 157 g/mol. The number of unbranched alkanes of at least 4 members (excludes halogenated alkanes) is 2.